The summed E-state index contributed by atoms with van der Waals surface area (Å²) in [5, 5.41) is 18.3. The summed E-state index contributed by atoms with van der Waals surface area (Å²) in [6.45, 7) is 9.00. The highest BCUT2D eigenvalue weighted by molar-refractivity contribution is 5.67. The van der Waals surface area contributed by atoms with Gasteiger partial charge < -0.3 is 9.59 Å². The molecule has 5 heteroatoms. The first-order chi connectivity index (χ1) is 12.5. The number of carboxylic acids is 1. The van der Waals surface area contributed by atoms with Gasteiger partial charge in [0.2, 0.25) is 0 Å². The number of carbonyl (C=O) groups is 1. The smallest absolute Gasteiger partial charge is 0.359 e. The van der Waals surface area contributed by atoms with E-state index < -0.39 is 5.97 Å². The number of hydrogen-bond acceptors (Lipinski definition) is 3. The molecule has 1 atom stereocenters. The van der Waals surface area contributed by atoms with E-state index in [1.54, 1.807) is 0 Å². The van der Waals surface area contributed by atoms with Crippen LogP contribution >= 0.6 is 0 Å². The van der Waals surface area contributed by atoms with E-state index in [1.165, 1.54) is 51.4 Å². The molecule has 1 unspecified atom stereocenters. The Kier molecular flexibility index (Phi) is 16.1. The average molecular weight is 375 g/mol. The Morgan fingerprint density at radius 1 is 0.846 bits per heavy atom. The highest BCUT2D eigenvalue weighted by Gasteiger charge is 2.26. The Morgan fingerprint density at radius 3 is 1.81 bits per heavy atom. The average Bonchev–Trinajstić information content (AvgIpc) is 2.63. The molecular formula is C21H44NO4+. The quantitative estimate of drug-likeness (QED) is 0.136. The van der Waals surface area contributed by atoms with Crippen LogP contribution in [-0.4, -0.2) is 53.1 Å². The Balaban J connectivity index is 3.86. The van der Waals surface area contributed by atoms with Crippen LogP contribution in [0.1, 0.15) is 97.8 Å². The molecule has 0 aromatic heterocycles. The molecule has 0 aromatic rings. The van der Waals surface area contributed by atoms with Crippen LogP contribution in [0.4, 0.5) is 0 Å². The van der Waals surface area contributed by atoms with Crippen molar-refractivity contribution in [2.45, 2.75) is 104 Å². The van der Waals surface area contributed by atoms with Crippen molar-refractivity contribution in [3.05, 3.63) is 0 Å². The summed E-state index contributed by atoms with van der Waals surface area (Å²) in [6, 6.07) is 0. The van der Waals surface area contributed by atoms with Gasteiger partial charge in [-0.05, 0) is 33.1 Å². The predicted octanol–water partition coefficient (Wildman–Crippen LogP) is 5.49. The maximum absolute atomic E-state index is 11.1. The van der Waals surface area contributed by atoms with Crippen LogP contribution in [0.5, 0.6) is 0 Å². The Morgan fingerprint density at radius 2 is 1.35 bits per heavy atom. The van der Waals surface area contributed by atoms with E-state index in [1.807, 2.05) is 0 Å². The van der Waals surface area contributed by atoms with Gasteiger partial charge in [0.15, 0.2) is 6.54 Å². The van der Waals surface area contributed by atoms with Crippen molar-refractivity contribution in [2.75, 3.05) is 26.2 Å². The molecule has 0 amide bonds. The molecular weight excluding hydrogens is 330 g/mol. The Hall–Kier alpha value is -0.650. The zero-order chi connectivity index (χ0) is 19.7. The van der Waals surface area contributed by atoms with Gasteiger partial charge in [-0.25, -0.2) is 9.68 Å². The maximum atomic E-state index is 11.1. The van der Waals surface area contributed by atoms with Crippen LogP contribution in [-0.2, 0) is 9.68 Å². The molecule has 0 heterocycles. The third-order valence-corrected chi connectivity index (χ3v) is 5.75. The molecule has 0 spiro atoms. The maximum Gasteiger partial charge on any atom is 0.359 e. The van der Waals surface area contributed by atoms with Gasteiger partial charge in [-0.1, -0.05) is 64.7 Å². The van der Waals surface area contributed by atoms with Gasteiger partial charge >= 0.3 is 5.97 Å². The number of aliphatic carboxylic acids is 1. The van der Waals surface area contributed by atoms with E-state index in [0.29, 0.717) is 4.48 Å². The van der Waals surface area contributed by atoms with E-state index >= 15 is 0 Å². The van der Waals surface area contributed by atoms with E-state index in [4.69, 9.17) is 10.4 Å². The first-order valence-electron chi connectivity index (χ1n) is 10.9. The van der Waals surface area contributed by atoms with Crippen molar-refractivity contribution in [1.29, 1.82) is 0 Å². The second-order valence-electron chi connectivity index (χ2n) is 7.74. The SMILES string of the molecule is CCCCCCCCCCCC(CCC[N+](CC)(CC)CC(=O)O)OO. The largest absolute Gasteiger partial charge is 0.477 e. The molecule has 0 fully saturated rings. The van der Waals surface area contributed by atoms with Gasteiger partial charge in [0.05, 0.1) is 25.7 Å². The standard InChI is InChI=1S/C21H43NO4/c1-4-7-8-9-10-11-12-13-14-16-20(26-25)17-15-18-22(5-2,6-3)19-21(23)24/h20H,4-19H2,1-3H3,(H-,23,24,25)/p+1. The fourth-order valence-electron chi connectivity index (χ4n) is 3.72. The summed E-state index contributed by atoms with van der Waals surface area (Å²) in [5.41, 5.74) is 0. The summed E-state index contributed by atoms with van der Waals surface area (Å²) < 4.78 is 0.603. The van der Waals surface area contributed by atoms with Gasteiger partial charge in [-0.15, -0.1) is 0 Å². The molecule has 0 aliphatic heterocycles. The van der Waals surface area contributed by atoms with Crippen molar-refractivity contribution in [2.24, 2.45) is 0 Å². The first kappa shape index (κ1) is 25.4. The molecule has 5 nitrogen and oxygen atoms in total. The Bertz CT molecular complexity index is 332. The molecule has 0 saturated carbocycles. The van der Waals surface area contributed by atoms with Crippen molar-refractivity contribution in [1.82, 2.24) is 0 Å². The molecule has 0 radical (unpaired) electrons. The Labute approximate surface area is 161 Å². The summed E-state index contributed by atoms with van der Waals surface area (Å²) >= 11 is 0. The van der Waals surface area contributed by atoms with Crippen molar-refractivity contribution in [3.63, 3.8) is 0 Å². The lowest BCUT2D eigenvalue weighted by Crippen LogP contribution is -2.51. The summed E-state index contributed by atoms with van der Waals surface area (Å²) in [5.74, 6) is -0.738. The lowest BCUT2D eigenvalue weighted by atomic mass is 10.0. The zero-order valence-electron chi connectivity index (χ0n) is 17.5. The van der Waals surface area contributed by atoms with E-state index in [9.17, 15) is 4.79 Å². The van der Waals surface area contributed by atoms with Crippen LogP contribution < -0.4 is 0 Å². The normalized spacial score (nSPS) is 13.1. The second-order valence-corrected chi connectivity index (χ2v) is 7.74. The monoisotopic (exact) mass is 374 g/mol. The van der Waals surface area contributed by atoms with Crippen molar-refractivity contribution < 1.29 is 24.5 Å². The van der Waals surface area contributed by atoms with Gasteiger partial charge in [0, 0.05) is 0 Å². The number of rotatable bonds is 19. The highest BCUT2D eigenvalue weighted by Crippen LogP contribution is 2.16. The topological polar surface area (TPSA) is 66.8 Å². The van der Waals surface area contributed by atoms with Crippen molar-refractivity contribution in [3.8, 4) is 0 Å². The second kappa shape index (κ2) is 16.5. The van der Waals surface area contributed by atoms with Gasteiger partial charge in [0.25, 0.3) is 0 Å². The lowest BCUT2D eigenvalue weighted by molar-refractivity contribution is -0.918. The first-order valence-corrected chi connectivity index (χ1v) is 10.9. The molecule has 26 heavy (non-hydrogen) atoms. The molecule has 156 valence electrons. The highest BCUT2D eigenvalue weighted by atomic mass is 17.1. The summed E-state index contributed by atoms with van der Waals surface area (Å²) in [6.07, 6.45) is 14.1. The van der Waals surface area contributed by atoms with E-state index in [0.717, 1.165) is 45.3 Å². The number of likely N-dealkylation sites (N-methyl/N-ethyl adjacent to an activating group) is 1. The minimum atomic E-state index is -0.738. The third-order valence-electron chi connectivity index (χ3n) is 5.75. The molecule has 0 bridgehead atoms. The lowest BCUT2D eigenvalue weighted by Gasteiger charge is -2.35. The third kappa shape index (κ3) is 12.7. The number of hydrogen-bond donors (Lipinski definition) is 2. The number of nitrogens with zero attached hydrogens (tertiary/aromatic N) is 1. The van der Waals surface area contributed by atoms with E-state index in [2.05, 4.69) is 25.7 Å². The van der Waals surface area contributed by atoms with Crippen LogP contribution in [0.15, 0.2) is 0 Å². The molecule has 0 saturated heterocycles. The van der Waals surface area contributed by atoms with Gasteiger partial charge in [-0.3, -0.25) is 5.26 Å². The van der Waals surface area contributed by atoms with Gasteiger partial charge in [0.1, 0.15) is 0 Å². The van der Waals surface area contributed by atoms with Crippen LogP contribution in [0, 0.1) is 0 Å². The summed E-state index contributed by atoms with van der Waals surface area (Å²) in [4.78, 5) is 15.8. The predicted molar refractivity (Wildman–Crippen MR) is 107 cm³/mol. The minimum absolute atomic E-state index is 0.111. The van der Waals surface area contributed by atoms with E-state index in [-0.39, 0.29) is 12.6 Å². The number of carboxylic acid groups (broad SMARTS) is 1. The number of unbranched alkanes of at least 4 members (excludes halogenated alkanes) is 8. The molecule has 2 N–H and O–H groups in total. The number of quaternary nitrogens is 1. The zero-order valence-corrected chi connectivity index (χ0v) is 17.5. The van der Waals surface area contributed by atoms with Crippen LogP contribution in [0.3, 0.4) is 0 Å². The molecule has 0 rings (SSSR count). The minimum Gasteiger partial charge on any atom is -0.477 e. The van der Waals surface area contributed by atoms with Crippen LogP contribution in [0.2, 0.25) is 0 Å². The molecule has 0 aliphatic carbocycles. The van der Waals surface area contributed by atoms with Crippen LogP contribution in [0.25, 0.3) is 0 Å². The van der Waals surface area contributed by atoms with Crippen molar-refractivity contribution >= 4 is 5.97 Å². The fourth-order valence-corrected chi connectivity index (χ4v) is 3.72. The molecule has 0 aliphatic rings. The van der Waals surface area contributed by atoms with Gasteiger partial charge in [-0.2, -0.15) is 0 Å². The molecule has 0 aromatic carbocycles. The fraction of sp³-hybridized carbons (Fsp3) is 0.952. The summed E-state index contributed by atoms with van der Waals surface area (Å²) in [7, 11) is 0.